The van der Waals surface area contributed by atoms with Gasteiger partial charge in [0.15, 0.2) is 11.5 Å². The van der Waals surface area contributed by atoms with E-state index in [1.54, 1.807) is 0 Å². The highest BCUT2D eigenvalue weighted by Gasteiger charge is 2.30. The van der Waals surface area contributed by atoms with Gasteiger partial charge in [0.1, 0.15) is 17.9 Å². The van der Waals surface area contributed by atoms with Crippen LogP contribution in [0.2, 0.25) is 0 Å². The molecular weight excluding hydrogens is 366 g/mol. The predicted molar refractivity (Wildman–Crippen MR) is 85.8 cm³/mol. The molecule has 2 heterocycles. The van der Waals surface area contributed by atoms with Crippen molar-refractivity contribution in [1.29, 1.82) is 0 Å². The molecule has 0 aliphatic rings. The summed E-state index contributed by atoms with van der Waals surface area (Å²) in [7, 11) is 0. The maximum atomic E-state index is 13.8. The fraction of sp³-hybridized carbons (Fsp3) is 0.111. The molecule has 5 nitrogen and oxygen atoms in total. The minimum Gasteiger partial charge on any atom is -0.454 e. The van der Waals surface area contributed by atoms with E-state index in [1.165, 1.54) is 24.8 Å². The van der Waals surface area contributed by atoms with Crippen molar-refractivity contribution in [3.05, 3.63) is 77.9 Å². The summed E-state index contributed by atoms with van der Waals surface area (Å²) >= 11 is 0. The number of pyridine rings is 1. The van der Waals surface area contributed by atoms with E-state index >= 15 is 0 Å². The summed E-state index contributed by atoms with van der Waals surface area (Å²) in [6.07, 6.45) is -0.111. The third-order valence-corrected chi connectivity index (χ3v) is 3.46. The summed E-state index contributed by atoms with van der Waals surface area (Å²) in [4.78, 5) is 23.5. The number of alkyl halides is 3. The van der Waals surface area contributed by atoms with E-state index in [9.17, 15) is 22.4 Å². The Morgan fingerprint density at radius 1 is 1.00 bits per heavy atom. The van der Waals surface area contributed by atoms with Gasteiger partial charge in [-0.1, -0.05) is 0 Å². The van der Waals surface area contributed by atoms with Crippen LogP contribution in [0.4, 0.5) is 17.6 Å². The van der Waals surface area contributed by atoms with Crippen LogP contribution in [0.5, 0.6) is 11.5 Å². The normalized spacial score (nSPS) is 11.3. The van der Waals surface area contributed by atoms with Crippen molar-refractivity contribution in [2.45, 2.75) is 12.6 Å². The van der Waals surface area contributed by atoms with Crippen LogP contribution in [0.15, 0.2) is 55.2 Å². The van der Waals surface area contributed by atoms with Crippen LogP contribution in [0.3, 0.4) is 0 Å². The first-order valence-electron chi connectivity index (χ1n) is 7.60. The van der Waals surface area contributed by atoms with Crippen molar-refractivity contribution in [1.82, 2.24) is 15.0 Å². The SMILES string of the molecule is O=C(Cc1ccc(C(F)(F)F)cn1)c1cc(F)cc(Oc2cncnc2)c1. The molecule has 0 atom stereocenters. The fourth-order valence-corrected chi connectivity index (χ4v) is 2.22. The van der Waals surface area contributed by atoms with Crippen molar-refractivity contribution in [3.63, 3.8) is 0 Å². The van der Waals surface area contributed by atoms with Gasteiger partial charge in [-0.2, -0.15) is 13.2 Å². The molecule has 138 valence electrons. The molecule has 0 aliphatic heterocycles. The lowest BCUT2D eigenvalue weighted by molar-refractivity contribution is -0.137. The highest BCUT2D eigenvalue weighted by molar-refractivity contribution is 5.97. The third-order valence-electron chi connectivity index (χ3n) is 3.46. The standard InChI is InChI=1S/C18H11F4N3O2/c19-13-3-11(4-15(5-13)27-16-8-23-10-24-9-16)17(26)6-14-2-1-12(7-25-14)18(20,21)22/h1-5,7-10H,6H2. The topological polar surface area (TPSA) is 65.0 Å². The Kier molecular flexibility index (Phi) is 5.11. The first-order chi connectivity index (χ1) is 12.8. The van der Waals surface area contributed by atoms with Crippen LogP contribution in [0.1, 0.15) is 21.6 Å². The van der Waals surface area contributed by atoms with Gasteiger partial charge in [-0.15, -0.1) is 0 Å². The average molecular weight is 377 g/mol. The van der Waals surface area contributed by atoms with Gasteiger partial charge in [0.05, 0.1) is 24.4 Å². The maximum absolute atomic E-state index is 13.8. The van der Waals surface area contributed by atoms with Crippen molar-refractivity contribution >= 4 is 5.78 Å². The molecule has 27 heavy (non-hydrogen) atoms. The average Bonchev–Trinajstić information content (AvgIpc) is 2.62. The molecule has 3 rings (SSSR count). The molecule has 0 saturated heterocycles. The number of carbonyl (C=O) groups excluding carboxylic acids is 1. The van der Waals surface area contributed by atoms with Crippen LogP contribution in [-0.2, 0) is 12.6 Å². The largest absolute Gasteiger partial charge is 0.454 e. The van der Waals surface area contributed by atoms with Crippen LogP contribution < -0.4 is 4.74 Å². The lowest BCUT2D eigenvalue weighted by Gasteiger charge is -2.08. The lowest BCUT2D eigenvalue weighted by atomic mass is 10.1. The number of hydrogen-bond donors (Lipinski definition) is 0. The Morgan fingerprint density at radius 2 is 1.74 bits per heavy atom. The zero-order chi connectivity index (χ0) is 19.4. The Balaban J connectivity index is 1.76. The molecule has 0 radical (unpaired) electrons. The van der Waals surface area contributed by atoms with E-state index < -0.39 is 23.3 Å². The summed E-state index contributed by atoms with van der Waals surface area (Å²) in [6, 6.07) is 5.37. The van der Waals surface area contributed by atoms with Crippen molar-refractivity contribution in [2.24, 2.45) is 0 Å². The number of halogens is 4. The number of Topliss-reactive ketones (excluding diaryl/α,β-unsaturated/α-hetero) is 1. The first kappa shape index (κ1) is 18.4. The third kappa shape index (κ3) is 4.84. The Labute approximate surface area is 150 Å². The van der Waals surface area contributed by atoms with Gasteiger partial charge in [-0.25, -0.2) is 14.4 Å². The monoisotopic (exact) mass is 377 g/mol. The van der Waals surface area contributed by atoms with E-state index in [4.69, 9.17) is 4.74 Å². The summed E-state index contributed by atoms with van der Waals surface area (Å²) in [5.41, 5.74) is -0.773. The smallest absolute Gasteiger partial charge is 0.417 e. The fourth-order valence-electron chi connectivity index (χ4n) is 2.22. The number of nitrogens with zero attached hydrogens (tertiary/aromatic N) is 3. The van der Waals surface area contributed by atoms with Gasteiger partial charge in [-0.3, -0.25) is 9.78 Å². The molecule has 0 saturated carbocycles. The second-order valence-corrected chi connectivity index (χ2v) is 5.49. The molecule has 9 heteroatoms. The van der Waals surface area contributed by atoms with Crippen molar-refractivity contribution < 1.29 is 27.1 Å². The molecule has 2 aromatic heterocycles. The molecule has 0 unspecified atom stereocenters. The summed E-state index contributed by atoms with van der Waals surface area (Å²) in [5, 5.41) is 0. The number of rotatable bonds is 5. The first-order valence-corrected chi connectivity index (χ1v) is 7.60. The summed E-state index contributed by atoms with van der Waals surface area (Å²) < 4.78 is 56.8. The second kappa shape index (κ2) is 7.48. The predicted octanol–water partition coefficient (Wildman–Crippen LogP) is 4.25. The van der Waals surface area contributed by atoms with Crippen molar-refractivity contribution in [3.8, 4) is 11.5 Å². The van der Waals surface area contributed by atoms with Crippen LogP contribution in [0, 0.1) is 5.82 Å². The number of carbonyl (C=O) groups is 1. The van der Waals surface area contributed by atoms with Gasteiger partial charge >= 0.3 is 6.18 Å². The maximum Gasteiger partial charge on any atom is 0.417 e. The number of ketones is 1. The van der Waals surface area contributed by atoms with E-state index in [1.807, 2.05) is 0 Å². The summed E-state index contributed by atoms with van der Waals surface area (Å²) in [6.45, 7) is 0. The van der Waals surface area contributed by atoms with Gasteiger partial charge < -0.3 is 4.74 Å². The zero-order valence-electron chi connectivity index (χ0n) is 13.6. The quantitative estimate of drug-likeness (QED) is 0.491. The Morgan fingerprint density at radius 3 is 2.37 bits per heavy atom. The van der Waals surface area contributed by atoms with E-state index in [0.717, 1.165) is 24.3 Å². The molecule has 1 aromatic carbocycles. The lowest BCUT2D eigenvalue weighted by Crippen LogP contribution is -2.09. The van der Waals surface area contributed by atoms with Crippen molar-refractivity contribution in [2.75, 3.05) is 0 Å². The van der Waals surface area contributed by atoms with Gasteiger partial charge in [-0.05, 0) is 24.3 Å². The number of hydrogen-bond acceptors (Lipinski definition) is 5. The molecule has 0 aliphatic carbocycles. The molecule has 0 fully saturated rings. The van der Waals surface area contributed by atoms with E-state index in [0.29, 0.717) is 6.20 Å². The van der Waals surface area contributed by atoms with Crippen LogP contribution in [-0.4, -0.2) is 20.7 Å². The van der Waals surface area contributed by atoms with Gasteiger partial charge in [0.2, 0.25) is 0 Å². The van der Waals surface area contributed by atoms with E-state index in [-0.39, 0.29) is 29.2 Å². The molecule has 3 aromatic rings. The minimum atomic E-state index is -4.51. The number of benzene rings is 1. The van der Waals surface area contributed by atoms with Crippen LogP contribution >= 0.6 is 0 Å². The molecular formula is C18H11F4N3O2. The number of ether oxygens (including phenoxy) is 1. The summed E-state index contributed by atoms with van der Waals surface area (Å²) in [5.74, 6) is -0.900. The Bertz CT molecular complexity index is 945. The highest BCUT2D eigenvalue weighted by Crippen LogP contribution is 2.28. The minimum absolute atomic E-state index is 0.00328. The Hall–Kier alpha value is -3.36. The van der Waals surface area contributed by atoms with Gasteiger partial charge in [0, 0.05) is 23.5 Å². The molecule has 0 N–H and O–H groups in total. The van der Waals surface area contributed by atoms with E-state index in [2.05, 4.69) is 15.0 Å². The van der Waals surface area contributed by atoms with Crippen LogP contribution in [0.25, 0.3) is 0 Å². The second-order valence-electron chi connectivity index (χ2n) is 5.49. The number of aromatic nitrogens is 3. The zero-order valence-corrected chi connectivity index (χ0v) is 13.6. The van der Waals surface area contributed by atoms with Gasteiger partial charge in [0.25, 0.3) is 0 Å². The molecule has 0 bridgehead atoms. The highest BCUT2D eigenvalue weighted by atomic mass is 19.4. The molecule has 0 amide bonds. The molecule has 0 spiro atoms.